The van der Waals surface area contributed by atoms with E-state index in [1.165, 1.54) is 0 Å². The van der Waals surface area contributed by atoms with E-state index in [0.29, 0.717) is 16.0 Å². The van der Waals surface area contributed by atoms with E-state index >= 15 is 0 Å². The maximum atomic E-state index is 12.1. The number of nitrogens with zero attached hydrogens (tertiary/aromatic N) is 1. The molecule has 0 saturated carbocycles. The fourth-order valence-electron chi connectivity index (χ4n) is 2.83. The summed E-state index contributed by atoms with van der Waals surface area (Å²) in [5.41, 5.74) is 3.16. The normalized spacial score (nSPS) is 12.9. The number of imide groups is 1. The number of halogens is 2. The lowest BCUT2D eigenvalue weighted by atomic mass is 10.0. The standard InChI is InChI=1S/C16H11Cl2NO3/c17-14(18)15(20)19(16(21)22)13-11-7-3-1-5-9(11)10-6-2-4-8-12(10)13/h1-8,13-14H,(H,21,22)/p-1. The van der Waals surface area contributed by atoms with E-state index in [9.17, 15) is 14.7 Å². The fourth-order valence-corrected chi connectivity index (χ4v) is 3.05. The van der Waals surface area contributed by atoms with Crippen molar-refractivity contribution >= 4 is 35.2 Å². The summed E-state index contributed by atoms with van der Waals surface area (Å²) in [6, 6.07) is 13.8. The number of hydrogen-bond donors (Lipinski definition) is 0. The Bertz CT molecular complexity index is 715. The molecule has 1 aliphatic carbocycles. The van der Waals surface area contributed by atoms with Gasteiger partial charge < -0.3 is 9.90 Å². The van der Waals surface area contributed by atoms with E-state index in [4.69, 9.17) is 23.2 Å². The second-order valence-electron chi connectivity index (χ2n) is 4.85. The van der Waals surface area contributed by atoms with Crippen LogP contribution in [0.1, 0.15) is 17.2 Å². The van der Waals surface area contributed by atoms with Crippen LogP contribution in [0.4, 0.5) is 4.79 Å². The summed E-state index contributed by atoms with van der Waals surface area (Å²) in [6.07, 6.45) is -1.63. The van der Waals surface area contributed by atoms with Crippen molar-refractivity contribution in [1.82, 2.24) is 4.90 Å². The van der Waals surface area contributed by atoms with Crippen molar-refractivity contribution in [2.75, 3.05) is 0 Å². The van der Waals surface area contributed by atoms with Crippen LogP contribution in [0, 0.1) is 0 Å². The van der Waals surface area contributed by atoms with Gasteiger partial charge in [0.2, 0.25) is 0 Å². The minimum atomic E-state index is -1.63. The van der Waals surface area contributed by atoms with E-state index in [0.717, 1.165) is 11.1 Å². The van der Waals surface area contributed by atoms with Crippen LogP contribution in [-0.2, 0) is 4.79 Å². The number of fused-ring (bicyclic) bond motifs is 3. The van der Waals surface area contributed by atoms with Gasteiger partial charge in [-0.1, -0.05) is 71.7 Å². The number of amides is 2. The molecule has 3 rings (SSSR count). The zero-order valence-electron chi connectivity index (χ0n) is 11.2. The number of rotatable bonds is 2. The number of benzene rings is 2. The Morgan fingerprint density at radius 3 is 1.82 bits per heavy atom. The van der Waals surface area contributed by atoms with Crippen LogP contribution >= 0.6 is 23.2 Å². The SMILES string of the molecule is O=C([O-])N(C(=O)C(Cl)Cl)C1c2ccccc2-c2ccccc21. The molecule has 112 valence electrons. The van der Waals surface area contributed by atoms with Gasteiger partial charge in [0.1, 0.15) is 6.09 Å². The quantitative estimate of drug-likeness (QED) is 0.793. The van der Waals surface area contributed by atoms with E-state index < -0.39 is 22.9 Å². The smallest absolute Gasteiger partial charge is 0.262 e. The van der Waals surface area contributed by atoms with E-state index in [-0.39, 0.29) is 0 Å². The molecule has 1 aliphatic rings. The van der Waals surface area contributed by atoms with Crippen molar-refractivity contribution in [3.05, 3.63) is 59.7 Å². The van der Waals surface area contributed by atoms with Gasteiger partial charge in [-0.2, -0.15) is 0 Å². The second-order valence-corrected chi connectivity index (χ2v) is 5.95. The number of alkyl halides is 2. The topological polar surface area (TPSA) is 60.4 Å². The second kappa shape index (κ2) is 5.63. The highest BCUT2D eigenvalue weighted by molar-refractivity contribution is 6.53. The first-order valence-corrected chi connectivity index (χ1v) is 7.40. The molecule has 0 radical (unpaired) electrons. The molecule has 0 spiro atoms. The average Bonchev–Trinajstić information content (AvgIpc) is 2.82. The zero-order chi connectivity index (χ0) is 15.9. The zero-order valence-corrected chi connectivity index (χ0v) is 12.7. The van der Waals surface area contributed by atoms with Crippen molar-refractivity contribution in [3.8, 4) is 11.1 Å². The Hall–Kier alpha value is -2.04. The van der Waals surface area contributed by atoms with Gasteiger partial charge in [-0.25, -0.2) is 0 Å². The Morgan fingerprint density at radius 1 is 0.955 bits per heavy atom. The molecule has 0 unspecified atom stereocenters. The monoisotopic (exact) mass is 334 g/mol. The first-order chi connectivity index (χ1) is 10.5. The highest BCUT2D eigenvalue weighted by atomic mass is 35.5. The van der Waals surface area contributed by atoms with Crippen LogP contribution in [0.25, 0.3) is 11.1 Å². The lowest BCUT2D eigenvalue weighted by Gasteiger charge is -2.31. The Kier molecular flexibility index (Phi) is 3.81. The maximum absolute atomic E-state index is 12.1. The average molecular weight is 335 g/mol. The van der Waals surface area contributed by atoms with Gasteiger partial charge in [0, 0.05) is 0 Å². The molecule has 0 heterocycles. The molecular formula is C16H10Cl2NO3-. The van der Waals surface area contributed by atoms with Gasteiger partial charge in [0.05, 0.1) is 6.04 Å². The molecule has 2 amide bonds. The van der Waals surface area contributed by atoms with Crippen LogP contribution in [0.5, 0.6) is 0 Å². The summed E-state index contributed by atoms with van der Waals surface area (Å²) in [5.74, 6) is -0.917. The van der Waals surface area contributed by atoms with Crippen LogP contribution in [0.2, 0.25) is 0 Å². The summed E-state index contributed by atoms with van der Waals surface area (Å²) >= 11 is 11.2. The minimum absolute atomic E-state index is 0.593. The molecule has 2 aromatic rings. The molecule has 0 aromatic heterocycles. The summed E-state index contributed by atoms with van der Waals surface area (Å²) < 4.78 is 0. The minimum Gasteiger partial charge on any atom is -0.530 e. The van der Waals surface area contributed by atoms with Crippen molar-refractivity contribution in [2.24, 2.45) is 0 Å². The molecule has 2 aromatic carbocycles. The van der Waals surface area contributed by atoms with Crippen LogP contribution in [0.3, 0.4) is 0 Å². The molecule has 0 bridgehead atoms. The van der Waals surface area contributed by atoms with Crippen molar-refractivity contribution < 1.29 is 14.7 Å². The van der Waals surface area contributed by atoms with Gasteiger partial charge in [-0.15, -0.1) is 0 Å². The van der Waals surface area contributed by atoms with Crippen LogP contribution in [0.15, 0.2) is 48.5 Å². The first-order valence-electron chi connectivity index (χ1n) is 6.52. The highest BCUT2D eigenvalue weighted by Gasteiger charge is 2.37. The Labute approximate surface area is 136 Å². The molecule has 4 nitrogen and oxygen atoms in total. The van der Waals surface area contributed by atoms with E-state index in [2.05, 4.69) is 0 Å². The van der Waals surface area contributed by atoms with Crippen LogP contribution < -0.4 is 5.11 Å². The third-order valence-corrected chi connectivity index (χ3v) is 4.05. The summed E-state index contributed by atoms with van der Waals surface area (Å²) in [5, 5.41) is 11.5. The van der Waals surface area contributed by atoms with Crippen LogP contribution in [-0.4, -0.2) is 21.7 Å². The fraction of sp³-hybridized carbons (Fsp3) is 0.125. The van der Waals surface area contributed by atoms with Gasteiger partial charge in [-0.3, -0.25) is 9.69 Å². The molecule has 6 heteroatoms. The molecule has 0 saturated heterocycles. The van der Waals surface area contributed by atoms with E-state index in [1.807, 2.05) is 24.3 Å². The lowest BCUT2D eigenvalue weighted by Crippen LogP contribution is -2.48. The van der Waals surface area contributed by atoms with Gasteiger partial charge >= 0.3 is 0 Å². The summed E-state index contributed by atoms with van der Waals surface area (Å²) in [4.78, 5) is 22.8. The summed E-state index contributed by atoms with van der Waals surface area (Å²) in [6.45, 7) is 0. The third kappa shape index (κ3) is 2.25. The van der Waals surface area contributed by atoms with Gasteiger partial charge in [-0.05, 0) is 22.3 Å². The molecule has 0 fully saturated rings. The Balaban J connectivity index is 2.21. The van der Waals surface area contributed by atoms with Gasteiger partial charge in [0.15, 0.2) is 4.84 Å². The molecule has 0 aliphatic heterocycles. The molecular weight excluding hydrogens is 325 g/mol. The highest BCUT2D eigenvalue weighted by Crippen LogP contribution is 2.46. The number of hydrogen-bond acceptors (Lipinski definition) is 3. The van der Waals surface area contributed by atoms with Crippen molar-refractivity contribution in [3.63, 3.8) is 0 Å². The third-order valence-electron chi connectivity index (χ3n) is 3.68. The van der Waals surface area contributed by atoms with E-state index in [1.54, 1.807) is 24.3 Å². The first kappa shape index (κ1) is 14.9. The van der Waals surface area contributed by atoms with Gasteiger partial charge in [0.25, 0.3) is 5.91 Å². The molecule has 22 heavy (non-hydrogen) atoms. The number of carbonyl (C=O) groups is 2. The predicted molar refractivity (Wildman–Crippen MR) is 81.5 cm³/mol. The van der Waals surface area contributed by atoms with Crippen molar-refractivity contribution in [1.29, 1.82) is 0 Å². The van der Waals surface area contributed by atoms with Crippen molar-refractivity contribution in [2.45, 2.75) is 10.9 Å². The predicted octanol–water partition coefficient (Wildman–Crippen LogP) is 2.73. The number of carbonyl (C=O) groups excluding carboxylic acids is 2. The molecule has 0 atom stereocenters. The molecule has 0 N–H and O–H groups in total. The maximum Gasteiger partial charge on any atom is 0.262 e. The lowest BCUT2D eigenvalue weighted by molar-refractivity contribution is -0.265. The Morgan fingerprint density at radius 2 is 1.41 bits per heavy atom. The largest absolute Gasteiger partial charge is 0.530 e. The summed E-state index contributed by atoms with van der Waals surface area (Å²) in [7, 11) is 0. The number of carboxylic acid groups (broad SMARTS) is 1.